The monoisotopic (exact) mass is 653 g/mol. The van der Waals surface area contributed by atoms with Gasteiger partial charge in [0, 0.05) is 33.0 Å². The summed E-state index contributed by atoms with van der Waals surface area (Å²) in [6.07, 6.45) is 6.62. The van der Waals surface area contributed by atoms with Crippen LogP contribution >= 0.6 is 0 Å². The quantitative estimate of drug-likeness (QED) is 0.185. The van der Waals surface area contributed by atoms with Crippen LogP contribution in [-0.2, 0) is 6.42 Å². The Hall–Kier alpha value is -6.65. The van der Waals surface area contributed by atoms with Gasteiger partial charge in [-0.15, -0.1) is 0 Å². The fraction of sp³-hybridized carbons (Fsp3) is 0.0426. The Kier molecular flexibility index (Phi) is 6.91. The van der Waals surface area contributed by atoms with Gasteiger partial charge in [-0.1, -0.05) is 158 Å². The average molecular weight is 654 g/mol. The van der Waals surface area contributed by atoms with Gasteiger partial charge >= 0.3 is 0 Å². The second kappa shape index (κ2) is 12.0. The van der Waals surface area contributed by atoms with E-state index in [1.54, 1.807) is 0 Å². The van der Waals surface area contributed by atoms with E-state index in [1.165, 1.54) is 33.0 Å². The standard InChI is InChI=1S/C47H31N3O/c1-2-14-33(15-3-1)45-48-46(34-28-26-32(27-29-34)36-20-8-16-30-12-4-6-18-35(30)36)50-47(49-45)41-24-11-25-42-43(41)40-23-10-22-39(44(40)51-42)38-21-9-17-31-13-5-7-19-37(31)38/h1-5,7-17,19-29H,6,18H2. The third-order valence-corrected chi connectivity index (χ3v) is 10.0. The molecule has 1 aliphatic rings. The molecule has 0 aliphatic heterocycles. The third-order valence-electron chi connectivity index (χ3n) is 10.0. The third kappa shape index (κ3) is 5.03. The maximum Gasteiger partial charge on any atom is 0.164 e. The molecule has 0 unspecified atom stereocenters. The van der Waals surface area contributed by atoms with Crippen molar-refractivity contribution in [3.05, 3.63) is 169 Å². The molecule has 0 N–H and O–H groups in total. The van der Waals surface area contributed by atoms with Gasteiger partial charge in [-0.3, -0.25) is 0 Å². The molecule has 2 aromatic heterocycles. The first kappa shape index (κ1) is 29.3. The Balaban J connectivity index is 1.14. The predicted molar refractivity (Wildman–Crippen MR) is 209 cm³/mol. The van der Waals surface area contributed by atoms with E-state index in [4.69, 9.17) is 19.4 Å². The van der Waals surface area contributed by atoms with E-state index >= 15 is 0 Å². The van der Waals surface area contributed by atoms with Crippen molar-refractivity contribution >= 4 is 38.8 Å². The van der Waals surface area contributed by atoms with E-state index in [-0.39, 0.29) is 0 Å². The summed E-state index contributed by atoms with van der Waals surface area (Å²) in [5, 5.41) is 4.41. The highest BCUT2D eigenvalue weighted by Gasteiger charge is 2.20. The van der Waals surface area contributed by atoms with Crippen molar-refractivity contribution in [2.75, 3.05) is 0 Å². The zero-order chi connectivity index (χ0) is 33.7. The molecule has 0 saturated carbocycles. The molecule has 0 fully saturated rings. The van der Waals surface area contributed by atoms with Crippen molar-refractivity contribution in [3.63, 3.8) is 0 Å². The van der Waals surface area contributed by atoms with Crippen LogP contribution in [0.4, 0.5) is 0 Å². The zero-order valence-corrected chi connectivity index (χ0v) is 27.8. The minimum absolute atomic E-state index is 0.607. The molecule has 0 bridgehead atoms. The van der Waals surface area contributed by atoms with Crippen LogP contribution in [-0.4, -0.2) is 15.0 Å². The summed E-state index contributed by atoms with van der Waals surface area (Å²) in [5.74, 6) is 1.87. The van der Waals surface area contributed by atoms with E-state index < -0.39 is 0 Å². The summed E-state index contributed by atoms with van der Waals surface area (Å²) in [4.78, 5) is 15.3. The Morgan fingerprint density at radius 3 is 1.96 bits per heavy atom. The molecule has 2 heterocycles. The van der Waals surface area contributed by atoms with Gasteiger partial charge in [0.25, 0.3) is 0 Å². The molecule has 240 valence electrons. The van der Waals surface area contributed by atoms with Gasteiger partial charge in [-0.2, -0.15) is 0 Å². The maximum atomic E-state index is 6.70. The summed E-state index contributed by atoms with van der Waals surface area (Å²) < 4.78 is 6.70. The van der Waals surface area contributed by atoms with Gasteiger partial charge in [-0.05, 0) is 57.5 Å². The molecule has 0 atom stereocenters. The molecule has 0 saturated heterocycles. The fourth-order valence-corrected chi connectivity index (χ4v) is 7.60. The van der Waals surface area contributed by atoms with Gasteiger partial charge in [0.15, 0.2) is 17.5 Å². The molecule has 1 aliphatic carbocycles. The number of benzene rings is 7. The van der Waals surface area contributed by atoms with Crippen LogP contribution in [0.15, 0.2) is 162 Å². The number of aromatic nitrogens is 3. The highest BCUT2D eigenvalue weighted by molar-refractivity contribution is 6.16. The Morgan fingerprint density at radius 2 is 1.08 bits per heavy atom. The Labute approximate surface area is 295 Å². The largest absolute Gasteiger partial charge is 0.455 e. The van der Waals surface area contributed by atoms with E-state index in [2.05, 4.69) is 121 Å². The Bertz CT molecular complexity index is 2790. The molecule has 9 aromatic rings. The fourth-order valence-electron chi connectivity index (χ4n) is 7.60. The van der Waals surface area contributed by atoms with Crippen LogP contribution < -0.4 is 0 Å². The minimum Gasteiger partial charge on any atom is -0.455 e. The van der Waals surface area contributed by atoms with Crippen LogP contribution in [0.3, 0.4) is 0 Å². The van der Waals surface area contributed by atoms with Crippen LogP contribution in [0.5, 0.6) is 0 Å². The second-order valence-corrected chi connectivity index (χ2v) is 13.1. The molecule has 51 heavy (non-hydrogen) atoms. The molecule has 4 nitrogen and oxygen atoms in total. The zero-order valence-electron chi connectivity index (χ0n) is 27.8. The van der Waals surface area contributed by atoms with Crippen molar-refractivity contribution in [2.45, 2.75) is 12.8 Å². The van der Waals surface area contributed by atoms with E-state index in [0.29, 0.717) is 17.5 Å². The molecule has 4 heteroatoms. The summed E-state index contributed by atoms with van der Waals surface area (Å²) in [5.41, 5.74) is 11.8. The number of furan rings is 1. The highest BCUT2D eigenvalue weighted by atomic mass is 16.3. The summed E-state index contributed by atoms with van der Waals surface area (Å²) in [6.45, 7) is 0. The van der Waals surface area contributed by atoms with Gasteiger partial charge in [0.1, 0.15) is 11.2 Å². The highest BCUT2D eigenvalue weighted by Crippen LogP contribution is 2.42. The summed E-state index contributed by atoms with van der Waals surface area (Å²) in [6, 6.07) is 52.8. The lowest BCUT2D eigenvalue weighted by Crippen LogP contribution is -2.00. The number of para-hydroxylation sites is 1. The average Bonchev–Trinajstić information content (AvgIpc) is 3.60. The van der Waals surface area contributed by atoms with Crippen LogP contribution in [0.25, 0.3) is 95.2 Å². The van der Waals surface area contributed by atoms with Crippen molar-refractivity contribution in [2.24, 2.45) is 0 Å². The van der Waals surface area contributed by atoms with E-state index in [0.717, 1.165) is 62.6 Å². The predicted octanol–water partition coefficient (Wildman–Crippen LogP) is 12.2. The van der Waals surface area contributed by atoms with Gasteiger partial charge < -0.3 is 4.42 Å². The van der Waals surface area contributed by atoms with Crippen molar-refractivity contribution in [1.29, 1.82) is 0 Å². The number of fused-ring (bicyclic) bond motifs is 5. The molecule has 0 spiro atoms. The molecule has 0 amide bonds. The lowest BCUT2D eigenvalue weighted by Gasteiger charge is -2.16. The Morgan fingerprint density at radius 1 is 0.451 bits per heavy atom. The normalized spacial score (nSPS) is 12.5. The lowest BCUT2D eigenvalue weighted by molar-refractivity contribution is 0.670. The number of hydrogen-bond acceptors (Lipinski definition) is 4. The van der Waals surface area contributed by atoms with Crippen LogP contribution in [0.2, 0.25) is 0 Å². The number of nitrogens with zero attached hydrogens (tertiary/aromatic N) is 3. The van der Waals surface area contributed by atoms with Gasteiger partial charge in [0.05, 0.1) is 0 Å². The molecule has 0 radical (unpaired) electrons. The SMILES string of the molecule is C1=Cc2cccc(-c3ccc(-c4nc(-c5ccccc5)nc(-c5cccc6oc7c(-c8cccc9ccccc89)cccc7c56)n4)cc3)c2CC1. The molecular formula is C47H31N3O. The van der Waals surface area contributed by atoms with Crippen LogP contribution in [0.1, 0.15) is 17.5 Å². The van der Waals surface area contributed by atoms with Crippen molar-refractivity contribution in [3.8, 4) is 56.4 Å². The van der Waals surface area contributed by atoms with Gasteiger partial charge in [-0.25, -0.2) is 15.0 Å². The maximum absolute atomic E-state index is 6.70. The van der Waals surface area contributed by atoms with E-state index in [9.17, 15) is 0 Å². The smallest absolute Gasteiger partial charge is 0.164 e. The topological polar surface area (TPSA) is 51.8 Å². The number of rotatable bonds is 5. The first-order valence-electron chi connectivity index (χ1n) is 17.4. The molecule has 7 aromatic carbocycles. The molecular weight excluding hydrogens is 623 g/mol. The van der Waals surface area contributed by atoms with Gasteiger partial charge in [0.2, 0.25) is 0 Å². The number of hydrogen-bond donors (Lipinski definition) is 0. The molecule has 10 rings (SSSR count). The van der Waals surface area contributed by atoms with Crippen LogP contribution in [0, 0.1) is 0 Å². The van der Waals surface area contributed by atoms with Crippen molar-refractivity contribution in [1.82, 2.24) is 15.0 Å². The summed E-state index contributed by atoms with van der Waals surface area (Å²) in [7, 11) is 0. The first-order valence-corrected chi connectivity index (χ1v) is 17.4. The summed E-state index contributed by atoms with van der Waals surface area (Å²) >= 11 is 0. The minimum atomic E-state index is 0.607. The second-order valence-electron chi connectivity index (χ2n) is 13.1. The van der Waals surface area contributed by atoms with Crippen molar-refractivity contribution < 1.29 is 4.42 Å². The lowest BCUT2D eigenvalue weighted by atomic mass is 9.89. The van der Waals surface area contributed by atoms with E-state index in [1.807, 2.05) is 42.5 Å². The first-order chi connectivity index (χ1) is 25.3. The number of allylic oxidation sites excluding steroid dienone is 1.